The van der Waals surface area contributed by atoms with Gasteiger partial charge in [0.05, 0.1) is 11.8 Å². The topological polar surface area (TPSA) is 87.6 Å². The van der Waals surface area contributed by atoms with Crippen LogP contribution < -0.4 is 11.1 Å². The number of nitrogens with zero attached hydrogens (tertiary/aromatic N) is 3. The van der Waals surface area contributed by atoms with E-state index in [2.05, 4.69) is 21.6 Å². The van der Waals surface area contributed by atoms with Crippen molar-refractivity contribution < 1.29 is 0 Å². The normalized spacial score (nSPS) is 9.59. The molecule has 0 saturated heterocycles. The molecule has 5 nitrogen and oxygen atoms in total. The summed E-state index contributed by atoms with van der Waals surface area (Å²) in [6.07, 6.45) is 1.49. The molecule has 0 spiro atoms. The number of rotatable bonds is 3. The lowest BCUT2D eigenvalue weighted by atomic mass is 10.2. The van der Waals surface area contributed by atoms with E-state index >= 15 is 0 Å². The molecule has 2 aromatic rings. The Morgan fingerprint density at radius 2 is 2.24 bits per heavy atom. The van der Waals surface area contributed by atoms with Gasteiger partial charge in [-0.25, -0.2) is 0 Å². The van der Waals surface area contributed by atoms with E-state index in [9.17, 15) is 0 Å². The number of nitrogens with one attached hydrogen (secondary N) is 1. The van der Waals surface area contributed by atoms with E-state index in [0.717, 1.165) is 5.56 Å². The monoisotopic (exact) mass is 225 g/mol. The molecule has 0 fully saturated rings. The average Bonchev–Trinajstić information content (AvgIpc) is 2.37. The molecule has 0 amide bonds. The molecule has 2 rings (SSSR count). The molecule has 0 radical (unpaired) electrons. The summed E-state index contributed by atoms with van der Waals surface area (Å²) in [5.74, 6) is 0.484. The van der Waals surface area contributed by atoms with Gasteiger partial charge in [-0.3, -0.25) is 0 Å². The number of nitriles is 1. The molecule has 0 aliphatic heterocycles. The predicted octanol–water partition coefficient (Wildman–Crippen LogP) is 1.54. The highest BCUT2D eigenvalue weighted by molar-refractivity contribution is 5.51. The Kier molecular flexibility index (Phi) is 3.17. The van der Waals surface area contributed by atoms with Crippen molar-refractivity contribution in [1.29, 1.82) is 5.26 Å². The van der Waals surface area contributed by atoms with E-state index in [1.54, 1.807) is 6.07 Å². The minimum Gasteiger partial charge on any atom is -0.399 e. The number of hydrogen-bond donors (Lipinski definition) is 2. The molecule has 0 atom stereocenters. The summed E-state index contributed by atoms with van der Waals surface area (Å²) in [5.41, 5.74) is 7.89. The molecular weight excluding hydrogens is 214 g/mol. The molecule has 84 valence electrons. The molecule has 1 aromatic carbocycles. The second-order valence-corrected chi connectivity index (χ2v) is 3.50. The summed E-state index contributed by atoms with van der Waals surface area (Å²) in [7, 11) is 0. The zero-order chi connectivity index (χ0) is 12.1. The van der Waals surface area contributed by atoms with Crippen molar-refractivity contribution in [3.8, 4) is 6.07 Å². The fourth-order valence-corrected chi connectivity index (χ4v) is 1.44. The first-order valence-electron chi connectivity index (χ1n) is 5.09. The Labute approximate surface area is 98.9 Å². The van der Waals surface area contributed by atoms with Gasteiger partial charge in [0.2, 0.25) is 0 Å². The van der Waals surface area contributed by atoms with E-state index in [1.165, 1.54) is 6.20 Å². The van der Waals surface area contributed by atoms with Crippen molar-refractivity contribution in [3.05, 3.63) is 47.7 Å². The van der Waals surface area contributed by atoms with Gasteiger partial charge in [0, 0.05) is 12.2 Å². The van der Waals surface area contributed by atoms with Crippen LogP contribution in [0.3, 0.4) is 0 Å². The van der Waals surface area contributed by atoms with Gasteiger partial charge in [0.15, 0.2) is 5.82 Å². The van der Waals surface area contributed by atoms with Gasteiger partial charge in [0.1, 0.15) is 6.07 Å². The Balaban J connectivity index is 2.10. The van der Waals surface area contributed by atoms with Crippen LogP contribution in [0, 0.1) is 11.3 Å². The number of nitrogens with two attached hydrogens (primary N) is 1. The maximum absolute atomic E-state index is 8.88. The highest BCUT2D eigenvalue weighted by Crippen LogP contribution is 2.12. The highest BCUT2D eigenvalue weighted by Gasteiger charge is 2.02. The van der Waals surface area contributed by atoms with Crippen LogP contribution in [0.4, 0.5) is 11.5 Å². The first kappa shape index (κ1) is 10.9. The molecule has 3 N–H and O–H groups in total. The second-order valence-electron chi connectivity index (χ2n) is 3.50. The molecule has 5 heteroatoms. The van der Waals surface area contributed by atoms with Crippen molar-refractivity contribution in [3.63, 3.8) is 0 Å². The van der Waals surface area contributed by atoms with Crippen LogP contribution in [-0.2, 0) is 6.54 Å². The van der Waals surface area contributed by atoms with Crippen LogP contribution >= 0.6 is 0 Å². The van der Waals surface area contributed by atoms with Crippen molar-refractivity contribution >= 4 is 11.5 Å². The maximum atomic E-state index is 8.88. The largest absolute Gasteiger partial charge is 0.399 e. The van der Waals surface area contributed by atoms with E-state index in [1.807, 2.05) is 24.3 Å². The number of hydrogen-bond acceptors (Lipinski definition) is 5. The van der Waals surface area contributed by atoms with E-state index in [-0.39, 0.29) is 0 Å². The highest BCUT2D eigenvalue weighted by atomic mass is 15.2. The smallest absolute Gasteiger partial charge is 0.166 e. The van der Waals surface area contributed by atoms with E-state index < -0.39 is 0 Å². The summed E-state index contributed by atoms with van der Waals surface area (Å²) in [5, 5.41) is 19.5. The number of benzene rings is 1. The minimum absolute atomic E-state index is 0.476. The number of anilines is 2. The van der Waals surface area contributed by atoms with Gasteiger partial charge < -0.3 is 11.1 Å². The summed E-state index contributed by atoms with van der Waals surface area (Å²) in [6, 6.07) is 11.2. The van der Waals surface area contributed by atoms with Crippen molar-refractivity contribution in [2.45, 2.75) is 6.54 Å². The molecule has 1 aromatic heterocycles. The molecule has 0 aliphatic rings. The van der Waals surface area contributed by atoms with E-state index in [4.69, 9.17) is 11.0 Å². The van der Waals surface area contributed by atoms with Crippen molar-refractivity contribution in [1.82, 2.24) is 10.2 Å². The van der Waals surface area contributed by atoms with E-state index in [0.29, 0.717) is 23.6 Å². The second kappa shape index (κ2) is 4.94. The summed E-state index contributed by atoms with van der Waals surface area (Å²) >= 11 is 0. The lowest BCUT2D eigenvalue weighted by molar-refractivity contribution is 0.994. The maximum Gasteiger partial charge on any atom is 0.166 e. The lowest BCUT2D eigenvalue weighted by Crippen LogP contribution is -2.04. The van der Waals surface area contributed by atoms with Gasteiger partial charge in [-0.2, -0.15) is 10.4 Å². The van der Waals surface area contributed by atoms with Crippen LogP contribution in [0.25, 0.3) is 0 Å². The molecule has 0 saturated carbocycles. The van der Waals surface area contributed by atoms with Crippen LogP contribution in [0.2, 0.25) is 0 Å². The third-order valence-corrected chi connectivity index (χ3v) is 2.25. The van der Waals surface area contributed by atoms with Gasteiger partial charge in [-0.05, 0) is 23.8 Å². The van der Waals surface area contributed by atoms with Gasteiger partial charge in [-0.1, -0.05) is 12.1 Å². The van der Waals surface area contributed by atoms with Crippen LogP contribution in [-0.4, -0.2) is 10.2 Å². The minimum atomic E-state index is 0.476. The Bertz CT molecular complexity index is 559. The first-order chi connectivity index (χ1) is 8.29. The van der Waals surface area contributed by atoms with Gasteiger partial charge >= 0.3 is 0 Å². The molecule has 0 bridgehead atoms. The Morgan fingerprint density at radius 1 is 1.35 bits per heavy atom. The molecule has 0 unspecified atom stereocenters. The summed E-state index contributed by atoms with van der Waals surface area (Å²) in [4.78, 5) is 0. The van der Waals surface area contributed by atoms with Gasteiger partial charge in [0.25, 0.3) is 0 Å². The summed E-state index contributed by atoms with van der Waals surface area (Å²) in [6.45, 7) is 0.554. The Morgan fingerprint density at radius 3 is 3.00 bits per heavy atom. The zero-order valence-electron chi connectivity index (χ0n) is 9.09. The zero-order valence-corrected chi connectivity index (χ0v) is 9.09. The standard InChI is InChI=1S/C12H11N5/c13-7-10-4-5-16-17-12(10)15-8-9-2-1-3-11(14)6-9/h1-6H,8,14H2,(H,15,17). The third-order valence-electron chi connectivity index (χ3n) is 2.25. The van der Waals surface area contributed by atoms with Crippen LogP contribution in [0.15, 0.2) is 36.5 Å². The first-order valence-corrected chi connectivity index (χ1v) is 5.09. The quantitative estimate of drug-likeness (QED) is 0.773. The molecule has 0 aliphatic carbocycles. The number of aromatic nitrogens is 2. The van der Waals surface area contributed by atoms with Crippen molar-refractivity contribution in [2.75, 3.05) is 11.1 Å². The van der Waals surface area contributed by atoms with Crippen molar-refractivity contribution in [2.24, 2.45) is 0 Å². The molecular formula is C12H11N5. The van der Waals surface area contributed by atoms with Crippen LogP contribution in [0.1, 0.15) is 11.1 Å². The molecule has 1 heterocycles. The number of nitrogen functional groups attached to an aromatic ring is 1. The molecule has 17 heavy (non-hydrogen) atoms. The predicted molar refractivity (Wildman–Crippen MR) is 64.9 cm³/mol. The summed E-state index contributed by atoms with van der Waals surface area (Å²) < 4.78 is 0. The third kappa shape index (κ3) is 2.69. The average molecular weight is 225 g/mol. The SMILES string of the molecule is N#Cc1ccnnc1NCc1cccc(N)c1. The Hall–Kier alpha value is -2.61. The fraction of sp³-hybridized carbons (Fsp3) is 0.0833. The fourth-order valence-electron chi connectivity index (χ4n) is 1.44. The lowest BCUT2D eigenvalue weighted by Gasteiger charge is -2.06. The van der Waals surface area contributed by atoms with Gasteiger partial charge in [-0.15, -0.1) is 5.10 Å². The van der Waals surface area contributed by atoms with Crippen LogP contribution in [0.5, 0.6) is 0 Å².